The Morgan fingerprint density at radius 3 is 2.64 bits per heavy atom. The minimum atomic E-state index is -0.290. The van der Waals surface area contributed by atoms with E-state index in [0.717, 1.165) is 16.8 Å². The van der Waals surface area contributed by atoms with Crippen molar-refractivity contribution in [1.29, 1.82) is 0 Å². The molecule has 0 radical (unpaired) electrons. The van der Waals surface area contributed by atoms with Crippen molar-refractivity contribution in [2.45, 2.75) is 25.8 Å². The zero-order chi connectivity index (χ0) is 19.8. The van der Waals surface area contributed by atoms with Crippen LogP contribution < -0.4 is 20.7 Å². The minimum Gasteiger partial charge on any atom is -0.484 e. The number of ether oxygens (including phenoxy) is 1. The van der Waals surface area contributed by atoms with E-state index in [1.807, 2.05) is 36.4 Å². The molecule has 0 bridgehead atoms. The van der Waals surface area contributed by atoms with Crippen LogP contribution in [0.1, 0.15) is 24.0 Å². The third-order valence-corrected chi connectivity index (χ3v) is 4.35. The van der Waals surface area contributed by atoms with E-state index in [4.69, 9.17) is 4.74 Å². The summed E-state index contributed by atoms with van der Waals surface area (Å²) in [6, 6.07) is 15.0. The topological polar surface area (TPSA) is 96.5 Å². The summed E-state index contributed by atoms with van der Waals surface area (Å²) < 4.78 is 5.50. The van der Waals surface area contributed by atoms with Gasteiger partial charge in [0.2, 0.25) is 11.8 Å². The summed E-state index contributed by atoms with van der Waals surface area (Å²) in [6.07, 6.45) is 1.31. The van der Waals surface area contributed by atoms with E-state index in [-0.39, 0.29) is 37.3 Å². The average molecular weight is 381 g/mol. The Morgan fingerprint density at radius 2 is 1.82 bits per heavy atom. The Kier molecular flexibility index (Phi) is 6.62. The summed E-state index contributed by atoms with van der Waals surface area (Å²) in [5.41, 5.74) is 2.81. The molecular formula is C21H23N3O4. The molecule has 1 aliphatic rings. The second-order valence-electron chi connectivity index (χ2n) is 6.52. The summed E-state index contributed by atoms with van der Waals surface area (Å²) in [6.45, 7) is 0.589. The molecule has 0 saturated heterocycles. The first-order chi connectivity index (χ1) is 13.6. The van der Waals surface area contributed by atoms with Gasteiger partial charge in [-0.3, -0.25) is 14.4 Å². The Labute approximate surface area is 163 Å². The number of hydrogen-bond acceptors (Lipinski definition) is 4. The molecule has 3 N–H and O–H groups in total. The molecule has 7 nitrogen and oxygen atoms in total. The summed E-state index contributed by atoms with van der Waals surface area (Å²) >= 11 is 0. The number of fused-ring (bicyclic) bond motifs is 1. The van der Waals surface area contributed by atoms with Crippen LogP contribution >= 0.6 is 0 Å². The quantitative estimate of drug-likeness (QED) is 0.649. The molecule has 28 heavy (non-hydrogen) atoms. The number of hydrogen-bond donors (Lipinski definition) is 3. The molecule has 0 aromatic heterocycles. The second kappa shape index (κ2) is 9.55. The first kappa shape index (κ1) is 19.4. The summed E-state index contributed by atoms with van der Waals surface area (Å²) in [4.78, 5) is 35.1. The first-order valence-electron chi connectivity index (χ1n) is 9.23. The van der Waals surface area contributed by atoms with Crippen molar-refractivity contribution in [3.05, 3.63) is 59.7 Å². The Hall–Kier alpha value is -3.35. The summed E-state index contributed by atoms with van der Waals surface area (Å²) in [7, 11) is 0. The van der Waals surface area contributed by atoms with Crippen LogP contribution in [0.15, 0.2) is 48.5 Å². The van der Waals surface area contributed by atoms with E-state index < -0.39 is 0 Å². The molecule has 1 heterocycles. The van der Waals surface area contributed by atoms with Crippen LogP contribution in [0.4, 0.5) is 5.69 Å². The van der Waals surface area contributed by atoms with Crippen LogP contribution in [0.5, 0.6) is 5.75 Å². The van der Waals surface area contributed by atoms with Gasteiger partial charge in [0.15, 0.2) is 6.61 Å². The second-order valence-corrected chi connectivity index (χ2v) is 6.52. The summed E-state index contributed by atoms with van der Waals surface area (Å²) in [5.74, 6) is 0.169. The number of aryl methyl sites for hydroxylation is 1. The fourth-order valence-electron chi connectivity index (χ4n) is 2.85. The molecule has 7 heteroatoms. The molecule has 146 valence electrons. The van der Waals surface area contributed by atoms with Gasteiger partial charge in [0, 0.05) is 31.6 Å². The first-order valence-corrected chi connectivity index (χ1v) is 9.23. The average Bonchev–Trinajstić information content (AvgIpc) is 2.71. The number of amides is 3. The maximum Gasteiger partial charge on any atom is 0.257 e. The number of carbonyl (C=O) groups excluding carboxylic acids is 3. The Morgan fingerprint density at radius 1 is 1.00 bits per heavy atom. The van der Waals surface area contributed by atoms with Gasteiger partial charge in [-0.1, -0.05) is 30.3 Å². The van der Waals surface area contributed by atoms with Crippen LogP contribution in [0.25, 0.3) is 0 Å². The predicted molar refractivity (Wildman–Crippen MR) is 105 cm³/mol. The maximum atomic E-state index is 11.9. The van der Waals surface area contributed by atoms with E-state index in [2.05, 4.69) is 16.0 Å². The standard InChI is InChI=1S/C21H23N3O4/c25-19(23-13-15-4-2-1-3-5-15)10-11-22-21(27)14-28-17-7-8-18-16(12-17)6-9-20(26)24-18/h1-5,7-8,12H,6,9-11,13-14H2,(H,22,27)(H,23,25)(H,24,26). The summed E-state index contributed by atoms with van der Waals surface area (Å²) in [5, 5.41) is 8.28. The Balaban J connectivity index is 1.33. The lowest BCUT2D eigenvalue weighted by Crippen LogP contribution is -2.33. The van der Waals surface area contributed by atoms with Gasteiger partial charge in [-0.2, -0.15) is 0 Å². The highest BCUT2D eigenvalue weighted by molar-refractivity contribution is 5.94. The van der Waals surface area contributed by atoms with Gasteiger partial charge in [-0.05, 0) is 35.7 Å². The van der Waals surface area contributed by atoms with Gasteiger partial charge >= 0.3 is 0 Å². The highest BCUT2D eigenvalue weighted by Gasteiger charge is 2.15. The van der Waals surface area contributed by atoms with E-state index in [1.165, 1.54) is 0 Å². The number of nitrogens with one attached hydrogen (secondary N) is 3. The van der Waals surface area contributed by atoms with E-state index in [9.17, 15) is 14.4 Å². The third-order valence-electron chi connectivity index (χ3n) is 4.35. The van der Waals surface area contributed by atoms with Crippen molar-refractivity contribution in [2.24, 2.45) is 0 Å². The van der Waals surface area contributed by atoms with Gasteiger partial charge in [0.25, 0.3) is 5.91 Å². The van der Waals surface area contributed by atoms with Crippen LogP contribution in [-0.4, -0.2) is 30.9 Å². The molecule has 0 saturated carbocycles. The fraction of sp³-hybridized carbons (Fsp3) is 0.286. The smallest absolute Gasteiger partial charge is 0.257 e. The molecule has 0 fully saturated rings. The molecule has 0 atom stereocenters. The number of rotatable bonds is 8. The van der Waals surface area contributed by atoms with Crippen LogP contribution in [-0.2, 0) is 27.3 Å². The zero-order valence-electron chi connectivity index (χ0n) is 15.5. The highest BCUT2D eigenvalue weighted by Crippen LogP contribution is 2.26. The molecule has 2 aromatic rings. The molecule has 0 unspecified atom stereocenters. The number of anilines is 1. The molecular weight excluding hydrogens is 358 g/mol. The molecule has 2 aromatic carbocycles. The lowest BCUT2D eigenvalue weighted by atomic mass is 10.0. The normalized spacial score (nSPS) is 12.5. The van der Waals surface area contributed by atoms with Gasteiger partial charge < -0.3 is 20.7 Å². The largest absolute Gasteiger partial charge is 0.484 e. The van der Waals surface area contributed by atoms with Crippen molar-refractivity contribution >= 4 is 23.4 Å². The fourth-order valence-corrected chi connectivity index (χ4v) is 2.85. The van der Waals surface area contributed by atoms with Crippen LogP contribution in [0.3, 0.4) is 0 Å². The Bertz CT molecular complexity index is 852. The van der Waals surface area contributed by atoms with Crippen molar-refractivity contribution < 1.29 is 19.1 Å². The van der Waals surface area contributed by atoms with E-state index in [1.54, 1.807) is 12.1 Å². The van der Waals surface area contributed by atoms with E-state index >= 15 is 0 Å². The predicted octanol–water partition coefficient (Wildman–Crippen LogP) is 1.77. The highest BCUT2D eigenvalue weighted by atomic mass is 16.5. The van der Waals surface area contributed by atoms with E-state index in [0.29, 0.717) is 25.1 Å². The lowest BCUT2D eigenvalue weighted by molar-refractivity contribution is -0.123. The van der Waals surface area contributed by atoms with Crippen LogP contribution in [0.2, 0.25) is 0 Å². The van der Waals surface area contributed by atoms with Gasteiger partial charge in [-0.25, -0.2) is 0 Å². The number of benzene rings is 2. The monoisotopic (exact) mass is 381 g/mol. The van der Waals surface area contributed by atoms with Gasteiger partial charge in [0.1, 0.15) is 5.75 Å². The van der Waals surface area contributed by atoms with Crippen molar-refractivity contribution in [3.63, 3.8) is 0 Å². The molecule has 0 spiro atoms. The SMILES string of the molecule is O=C(CCNC(=O)COc1ccc2c(c1)CCC(=O)N2)NCc1ccccc1. The minimum absolute atomic E-state index is 0.00773. The molecule has 3 rings (SSSR count). The van der Waals surface area contributed by atoms with Crippen LogP contribution in [0, 0.1) is 0 Å². The van der Waals surface area contributed by atoms with Gasteiger partial charge in [0.05, 0.1) is 0 Å². The third kappa shape index (κ3) is 5.84. The number of carbonyl (C=O) groups is 3. The maximum absolute atomic E-state index is 11.9. The van der Waals surface area contributed by atoms with Crippen molar-refractivity contribution in [1.82, 2.24) is 10.6 Å². The molecule has 3 amide bonds. The molecule has 1 aliphatic heterocycles. The van der Waals surface area contributed by atoms with Gasteiger partial charge in [-0.15, -0.1) is 0 Å². The zero-order valence-corrected chi connectivity index (χ0v) is 15.5. The lowest BCUT2D eigenvalue weighted by Gasteiger charge is -2.17. The molecule has 0 aliphatic carbocycles. The van der Waals surface area contributed by atoms with Crippen molar-refractivity contribution in [2.75, 3.05) is 18.5 Å². The van der Waals surface area contributed by atoms with Crippen molar-refractivity contribution in [3.8, 4) is 5.75 Å².